The van der Waals surface area contributed by atoms with Crippen LogP contribution in [0.3, 0.4) is 0 Å². The number of carbonyl (C=O) groups excluding carboxylic acids is 1. The molecule has 3 rings (SSSR count). The number of methoxy groups -OCH3 is 1. The minimum absolute atomic E-state index is 0.0173. The summed E-state index contributed by atoms with van der Waals surface area (Å²) in [5.41, 5.74) is 1.11. The van der Waals surface area contributed by atoms with Crippen LogP contribution in [0, 0.1) is 6.92 Å². The van der Waals surface area contributed by atoms with E-state index in [1.807, 2.05) is 12.1 Å². The molecule has 1 aromatic carbocycles. The van der Waals surface area contributed by atoms with Gasteiger partial charge in [-0.2, -0.15) is 18.3 Å². The van der Waals surface area contributed by atoms with E-state index in [2.05, 4.69) is 36.2 Å². The molecule has 0 aliphatic carbocycles. The molecule has 3 aromatic rings. The highest BCUT2D eigenvalue weighted by Gasteiger charge is 2.34. The second-order valence-electron chi connectivity index (χ2n) is 8.05. The first kappa shape index (κ1) is 22.3. The SMILES string of the molecule is COc1ccc(C(C)(C)C)cc1NC(=O)/C=C/c1c(C)nn2c(C(F)(F)F)ccnc12. The standard InChI is InChI=1S/C22H23F3N4O2/c1-13-15(20-26-11-10-18(22(23,24)25)29(20)28-13)7-9-19(30)27-16-12-14(21(2,3)4)6-8-17(16)31-5/h6-12H,1-5H3,(H,27,30)/b9-7+. The number of nitrogens with zero attached hydrogens (tertiary/aromatic N) is 3. The molecule has 0 saturated heterocycles. The van der Waals surface area contributed by atoms with Crippen LogP contribution in [0.25, 0.3) is 11.7 Å². The summed E-state index contributed by atoms with van der Waals surface area (Å²) in [6, 6.07) is 6.39. The van der Waals surface area contributed by atoms with Gasteiger partial charge < -0.3 is 10.1 Å². The fraction of sp³-hybridized carbons (Fsp3) is 0.318. The molecule has 2 aromatic heterocycles. The summed E-state index contributed by atoms with van der Waals surface area (Å²) in [5.74, 6) is 0.0356. The molecule has 0 saturated carbocycles. The van der Waals surface area contributed by atoms with Crippen LogP contribution in [0.1, 0.15) is 43.3 Å². The van der Waals surface area contributed by atoms with Crippen molar-refractivity contribution < 1.29 is 22.7 Å². The molecule has 164 valence electrons. The summed E-state index contributed by atoms with van der Waals surface area (Å²) < 4.78 is 45.7. The number of nitrogens with one attached hydrogen (secondary N) is 1. The number of amides is 1. The van der Waals surface area contributed by atoms with Crippen LogP contribution in [0.4, 0.5) is 18.9 Å². The molecule has 0 radical (unpaired) electrons. The summed E-state index contributed by atoms with van der Waals surface area (Å²) in [6.07, 6.45) is -0.873. The van der Waals surface area contributed by atoms with Crippen LogP contribution in [0.5, 0.6) is 5.75 Å². The maximum absolute atomic E-state index is 13.2. The number of hydrogen-bond acceptors (Lipinski definition) is 4. The molecule has 1 amide bonds. The molecule has 0 fully saturated rings. The molecule has 0 unspecified atom stereocenters. The van der Waals surface area contributed by atoms with Crippen molar-refractivity contribution in [1.29, 1.82) is 0 Å². The largest absolute Gasteiger partial charge is 0.495 e. The minimum atomic E-state index is -4.58. The quantitative estimate of drug-likeness (QED) is 0.588. The van der Waals surface area contributed by atoms with Crippen LogP contribution < -0.4 is 10.1 Å². The third-order valence-electron chi connectivity index (χ3n) is 4.75. The average Bonchev–Trinajstić information content (AvgIpc) is 2.99. The highest BCUT2D eigenvalue weighted by molar-refractivity contribution is 6.03. The molecular weight excluding hydrogens is 409 g/mol. The Morgan fingerprint density at radius 1 is 1.19 bits per heavy atom. The lowest BCUT2D eigenvalue weighted by molar-refractivity contribution is -0.142. The van der Waals surface area contributed by atoms with Gasteiger partial charge in [-0.25, -0.2) is 9.50 Å². The van der Waals surface area contributed by atoms with Crippen molar-refractivity contribution in [3.8, 4) is 5.75 Å². The van der Waals surface area contributed by atoms with Crippen molar-refractivity contribution >= 4 is 23.3 Å². The molecular formula is C22H23F3N4O2. The highest BCUT2D eigenvalue weighted by atomic mass is 19.4. The first-order chi connectivity index (χ1) is 14.4. The molecule has 0 aliphatic rings. The Morgan fingerprint density at radius 2 is 1.90 bits per heavy atom. The second kappa shape index (κ2) is 8.05. The van der Waals surface area contributed by atoms with E-state index in [0.717, 1.165) is 22.3 Å². The number of anilines is 1. The number of aryl methyl sites for hydroxylation is 1. The second-order valence-corrected chi connectivity index (χ2v) is 8.05. The van der Waals surface area contributed by atoms with Gasteiger partial charge in [0.15, 0.2) is 5.65 Å². The zero-order valence-electron chi connectivity index (χ0n) is 17.8. The summed E-state index contributed by atoms with van der Waals surface area (Å²) >= 11 is 0. The van der Waals surface area contributed by atoms with Crippen LogP contribution >= 0.6 is 0 Å². The molecule has 9 heteroatoms. The van der Waals surface area contributed by atoms with Crippen molar-refractivity contribution in [2.45, 2.75) is 39.3 Å². The fourth-order valence-electron chi connectivity index (χ4n) is 3.08. The maximum Gasteiger partial charge on any atom is 0.433 e. The zero-order valence-corrected chi connectivity index (χ0v) is 17.8. The van der Waals surface area contributed by atoms with Crippen molar-refractivity contribution in [2.75, 3.05) is 12.4 Å². The monoisotopic (exact) mass is 432 g/mol. The Morgan fingerprint density at radius 3 is 2.52 bits per heavy atom. The normalized spacial score (nSPS) is 12.5. The summed E-state index contributed by atoms with van der Waals surface area (Å²) in [7, 11) is 1.50. The van der Waals surface area contributed by atoms with Gasteiger partial charge in [0.2, 0.25) is 5.91 Å². The van der Waals surface area contributed by atoms with Crippen LogP contribution in [-0.4, -0.2) is 27.6 Å². The Balaban J connectivity index is 1.91. The van der Waals surface area contributed by atoms with Gasteiger partial charge in [0.05, 0.1) is 18.5 Å². The number of ether oxygens (including phenoxy) is 1. The number of carbonyl (C=O) groups is 1. The summed E-state index contributed by atoms with van der Waals surface area (Å²) in [6.45, 7) is 7.71. The van der Waals surface area contributed by atoms with Gasteiger partial charge in [-0.05, 0) is 42.2 Å². The van der Waals surface area contributed by atoms with Gasteiger partial charge in [0, 0.05) is 17.8 Å². The number of halogens is 3. The summed E-state index contributed by atoms with van der Waals surface area (Å²) in [4.78, 5) is 16.5. The van der Waals surface area contributed by atoms with E-state index in [1.165, 1.54) is 19.3 Å². The number of alkyl halides is 3. The predicted octanol–water partition coefficient (Wildman–Crippen LogP) is 5.01. The van der Waals surface area contributed by atoms with Gasteiger partial charge in [-0.1, -0.05) is 26.8 Å². The van der Waals surface area contributed by atoms with Gasteiger partial charge in [-0.15, -0.1) is 0 Å². The molecule has 0 bridgehead atoms. The molecule has 0 aliphatic heterocycles. The molecule has 1 N–H and O–H groups in total. The van der Waals surface area contributed by atoms with E-state index in [1.54, 1.807) is 13.0 Å². The number of aromatic nitrogens is 3. The number of benzene rings is 1. The van der Waals surface area contributed by atoms with Crippen LogP contribution in [0.15, 0.2) is 36.5 Å². The number of fused-ring (bicyclic) bond motifs is 1. The Kier molecular flexibility index (Phi) is 5.80. The first-order valence-corrected chi connectivity index (χ1v) is 9.51. The summed E-state index contributed by atoms with van der Waals surface area (Å²) in [5, 5.41) is 6.70. The lowest BCUT2D eigenvalue weighted by Crippen LogP contribution is -2.14. The van der Waals surface area contributed by atoms with Gasteiger partial charge >= 0.3 is 6.18 Å². The smallest absolute Gasteiger partial charge is 0.433 e. The van der Waals surface area contributed by atoms with E-state index in [4.69, 9.17) is 4.74 Å². The van der Waals surface area contributed by atoms with Crippen molar-refractivity contribution in [2.24, 2.45) is 0 Å². The minimum Gasteiger partial charge on any atom is -0.495 e. The maximum atomic E-state index is 13.2. The van der Waals surface area contributed by atoms with E-state index in [9.17, 15) is 18.0 Å². The van der Waals surface area contributed by atoms with E-state index in [-0.39, 0.29) is 11.1 Å². The number of rotatable bonds is 4. The van der Waals surface area contributed by atoms with Crippen molar-refractivity contribution in [3.05, 3.63) is 59.1 Å². The lowest BCUT2D eigenvalue weighted by atomic mass is 9.87. The lowest BCUT2D eigenvalue weighted by Gasteiger charge is -2.21. The van der Waals surface area contributed by atoms with Gasteiger partial charge in [0.25, 0.3) is 0 Å². The molecule has 2 heterocycles. The molecule has 0 spiro atoms. The average molecular weight is 432 g/mol. The number of hydrogen-bond donors (Lipinski definition) is 1. The third kappa shape index (κ3) is 4.70. The van der Waals surface area contributed by atoms with Crippen molar-refractivity contribution in [1.82, 2.24) is 14.6 Å². The first-order valence-electron chi connectivity index (χ1n) is 9.51. The van der Waals surface area contributed by atoms with Crippen LogP contribution in [0.2, 0.25) is 0 Å². The fourth-order valence-corrected chi connectivity index (χ4v) is 3.08. The predicted molar refractivity (Wildman–Crippen MR) is 112 cm³/mol. The van der Waals surface area contributed by atoms with Gasteiger partial charge in [-0.3, -0.25) is 4.79 Å². The topological polar surface area (TPSA) is 68.5 Å². The van der Waals surface area contributed by atoms with Crippen molar-refractivity contribution in [3.63, 3.8) is 0 Å². The zero-order chi connectivity index (χ0) is 23.0. The molecule has 31 heavy (non-hydrogen) atoms. The Hall–Kier alpha value is -3.36. The highest BCUT2D eigenvalue weighted by Crippen LogP contribution is 2.32. The van der Waals surface area contributed by atoms with E-state index in [0.29, 0.717) is 22.7 Å². The van der Waals surface area contributed by atoms with Gasteiger partial charge in [0.1, 0.15) is 11.4 Å². The Bertz CT molecular complexity index is 1160. The molecule has 0 atom stereocenters. The molecule has 6 nitrogen and oxygen atoms in total. The Labute approximate surface area is 177 Å². The van der Waals surface area contributed by atoms with Crippen LogP contribution in [-0.2, 0) is 16.4 Å². The third-order valence-corrected chi connectivity index (χ3v) is 4.75. The van der Waals surface area contributed by atoms with E-state index < -0.39 is 17.8 Å². The van der Waals surface area contributed by atoms with E-state index >= 15 is 0 Å².